The van der Waals surface area contributed by atoms with Crippen LogP contribution >= 0.6 is 0 Å². The fraction of sp³-hybridized carbons (Fsp3) is 0.900. The molecule has 2 fully saturated rings. The maximum Gasteiger partial charge on any atom is 0.312 e. The third-order valence-corrected chi connectivity index (χ3v) is 3.06. The fourth-order valence-electron chi connectivity index (χ4n) is 2.22. The molecule has 2 rings (SSSR count). The third-order valence-electron chi connectivity index (χ3n) is 3.06. The van der Waals surface area contributed by atoms with E-state index < -0.39 is 5.79 Å². The van der Waals surface area contributed by atoms with Crippen LogP contribution in [0.25, 0.3) is 0 Å². The number of carbonyl (C=O) groups is 1. The van der Waals surface area contributed by atoms with Crippen LogP contribution in [0.5, 0.6) is 0 Å². The number of methoxy groups -OCH3 is 1. The first-order valence-electron chi connectivity index (χ1n) is 4.97. The Labute approximate surface area is 83.5 Å². The first kappa shape index (κ1) is 9.93. The predicted octanol–water partition coefficient (Wildman–Crippen LogP) is 1.09. The van der Waals surface area contributed by atoms with Crippen LogP contribution in [0.1, 0.15) is 26.7 Å². The van der Waals surface area contributed by atoms with Crippen molar-refractivity contribution in [1.82, 2.24) is 0 Å². The Hall–Kier alpha value is -0.610. The summed E-state index contributed by atoms with van der Waals surface area (Å²) in [6.45, 7) is 3.75. The van der Waals surface area contributed by atoms with Crippen molar-refractivity contribution in [3.8, 4) is 0 Å². The molecular weight excluding hydrogens is 184 g/mol. The second-order valence-electron chi connectivity index (χ2n) is 4.29. The van der Waals surface area contributed by atoms with E-state index in [9.17, 15) is 4.79 Å². The number of rotatable bonds is 1. The van der Waals surface area contributed by atoms with Crippen molar-refractivity contribution in [2.24, 2.45) is 5.92 Å². The largest absolute Gasteiger partial charge is 0.462 e. The maximum atomic E-state index is 11.5. The first-order chi connectivity index (χ1) is 6.54. The highest BCUT2D eigenvalue weighted by atomic mass is 16.7. The SMILES string of the molecule is COC1(C)C[C@H]2C(=O)O[C@@H](C)C[C@H]2O1. The molecule has 0 aromatic heterocycles. The van der Waals surface area contributed by atoms with E-state index in [0.717, 1.165) is 6.42 Å². The molecule has 0 aromatic carbocycles. The van der Waals surface area contributed by atoms with Crippen LogP contribution in [-0.2, 0) is 19.0 Å². The highest BCUT2D eigenvalue weighted by Gasteiger charge is 2.50. The Balaban J connectivity index is 2.13. The Morgan fingerprint density at radius 2 is 2.29 bits per heavy atom. The van der Waals surface area contributed by atoms with Gasteiger partial charge < -0.3 is 14.2 Å². The summed E-state index contributed by atoms with van der Waals surface area (Å²) in [7, 11) is 1.60. The molecule has 0 bridgehead atoms. The molecule has 4 nitrogen and oxygen atoms in total. The molecular formula is C10H16O4. The first-order valence-corrected chi connectivity index (χ1v) is 4.97. The summed E-state index contributed by atoms with van der Waals surface area (Å²) < 4.78 is 16.1. The number of carbonyl (C=O) groups excluding carboxylic acids is 1. The number of cyclic esters (lactones) is 1. The number of fused-ring (bicyclic) bond motifs is 1. The van der Waals surface area contributed by atoms with Gasteiger partial charge in [0.15, 0.2) is 5.79 Å². The molecule has 1 unspecified atom stereocenters. The fourth-order valence-corrected chi connectivity index (χ4v) is 2.22. The van der Waals surface area contributed by atoms with Crippen molar-refractivity contribution in [2.75, 3.05) is 7.11 Å². The lowest BCUT2D eigenvalue weighted by molar-refractivity contribution is -0.206. The van der Waals surface area contributed by atoms with E-state index in [1.807, 2.05) is 13.8 Å². The van der Waals surface area contributed by atoms with Gasteiger partial charge in [-0.3, -0.25) is 4.79 Å². The van der Waals surface area contributed by atoms with E-state index in [-0.39, 0.29) is 24.1 Å². The molecule has 2 saturated heterocycles. The van der Waals surface area contributed by atoms with Crippen molar-refractivity contribution in [3.05, 3.63) is 0 Å². The molecule has 0 aromatic rings. The summed E-state index contributed by atoms with van der Waals surface area (Å²) in [6, 6.07) is 0. The predicted molar refractivity (Wildman–Crippen MR) is 48.6 cm³/mol. The second-order valence-corrected chi connectivity index (χ2v) is 4.29. The van der Waals surface area contributed by atoms with Crippen LogP contribution < -0.4 is 0 Å². The molecule has 2 aliphatic rings. The normalized spacial score (nSPS) is 47.4. The molecule has 2 heterocycles. The van der Waals surface area contributed by atoms with E-state index in [2.05, 4.69) is 0 Å². The zero-order valence-electron chi connectivity index (χ0n) is 8.78. The minimum atomic E-state index is -0.613. The average Bonchev–Trinajstić information content (AvgIpc) is 2.43. The second kappa shape index (κ2) is 3.21. The number of hydrogen-bond donors (Lipinski definition) is 0. The van der Waals surface area contributed by atoms with Crippen LogP contribution in [0.3, 0.4) is 0 Å². The maximum absolute atomic E-state index is 11.5. The average molecular weight is 200 g/mol. The highest BCUT2D eigenvalue weighted by Crippen LogP contribution is 2.40. The zero-order chi connectivity index (χ0) is 10.3. The highest BCUT2D eigenvalue weighted by molar-refractivity contribution is 5.74. The smallest absolute Gasteiger partial charge is 0.312 e. The zero-order valence-corrected chi connectivity index (χ0v) is 8.78. The van der Waals surface area contributed by atoms with E-state index in [1.54, 1.807) is 7.11 Å². The minimum Gasteiger partial charge on any atom is -0.462 e. The van der Waals surface area contributed by atoms with Gasteiger partial charge in [-0.1, -0.05) is 0 Å². The molecule has 4 atom stereocenters. The lowest BCUT2D eigenvalue weighted by Crippen LogP contribution is -2.37. The van der Waals surface area contributed by atoms with Gasteiger partial charge >= 0.3 is 5.97 Å². The van der Waals surface area contributed by atoms with Gasteiger partial charge in [0.1, 0.15) is 6.10 Å². The van der Waals surface area contributed by atoms with Crippen molar-refractivity contribution in [2.45, 2.75) is 44.7 Å². The molecule has 0 N–H and O–H groups in total. The molecule has 2 aliphatic heterocycles. The van der Waals surface area contributed by atoms with Crippen molar-refractivity contribution >= 4 is 5.97 Å². The van der Waals surface area contributed by atoms with Gasteiger partial charge in [-0.25, -0.2) is 0 Å². The summed E-state index contributed by atoms with van der Waals surface area (Å²) in [6.07, 6.45) is 1.30. The summed E-state index contributed by atoms with van der Waals surface area (Å²) in [4.78, 5) is 11.5. The van der Waals surface area contributed by atoms with Gasteiger partial charge in [-0.05, 0) is 13.8 Å². The topological polar surface area (TPSA) is 44.8 Å². The standard InChI is InChI=1S/C10H16O4/c1-6-4-8-7(9(11)13-6)5-10(2,12-3)14-8/h6-8H,4-5H2,1-3H3/t6-,7+,8+,10?/m0/s1. The summed E-state index contributed by atoms with van der Waals surface area (Å²) >= 11 is 0. The number of hydrogen-bond acceptors (Lipinski definition) is 4. The molecule has 0 spiro atoms. The van der Waals surface area contributed by atoms with Crippen LogP contribution in [0.4, 0.5) is 0 Å². The van der Waals surface area contributed by atoms with Crippen LogP contribution in [0.15, 0.2) is 0 Å². The van der Waals surface area contributed by atoms with Crippen molar-refractivity contribution < 1.29 is 19.0 Å². The molecule has 0 radical (unpaired) electrons. The number of ether oxygens (including phenoxy) is 3. The van der Waals surface area contributed by atoms with Crippen molar-refractivity contribution in [3.63, 3.8) is 0 Å². The lowest BCUT2D eigenvalue weighted by atomic mass is 9.92. The Bertz CT molecular complexity index is 253. The molecule has 14 heavy (non-hydrogen) atoms. The van der Waals surface area contributed by atoms with Gasteiger partial charge in [0.25, 0.3) is 0 Å². The van der Waals surface area contributed by atoms with Gasteiger partial charge in [0, 0.05) is 20.0 Å². The quantitative estimate of drug-likeness (QED) is 0.594. The van der Waals surface area contributed by atoms with Gasteiger partial charge in [0.05, 0.1) is 12.0 Å². The van der Waals surface area contributed by atoms with E-state index in [4.69, 9.17) is 14.2 Å². The third kappa shape index (κ3) is 1.53. The van der Waals surface area contributed by atoms with Gasteiger partial charge in [-0.2, -0.15) is 0 Å². The Morgan fingerprint density at radius 1 is 1.57 bits per heavy atom. The van der Waals surface area contributed by atoms with Crippen molar-refractivity contribution in [1.29, 1.82) is 0 Å². The number of esters is 1. The molecule has 0 saturated carbocycles. The Morgan fingerprint density at radius 3 is 2.93 bits per heavy atom. The van der Waals surface area contributed by atoms with E-state index in [1.165, 1.54) is 0 Å². The van der Waals surface area contributed by atoms with Gasteiger partial charge in [-0.15, -0.1) is 0 Å². The molecule has 0 amide bonds. The summed E-state index contributed by atoms with van der Waals surface area (Å²) in [5.41, 5.74) is 0. The van der Waals surface area contributed by atoms with Crippen LogP contribution in [0, 0.1) is 5.92 Å². The molecule has 80 valence electrons. The summed E-state index contributed by atoms with van der Waals surface area (Å²) in [5, 5.41) is 0. The minimum absolute atomic E-state index is 0.0313. The van der Waals surface area contributed by atoms with E-state index in [0.29, 0.717) is 6.42 Å². The monoisotopic (exact) mass is 200 g/mol. The van der Waals surface area contributed by atoms with E-state index >= 15 is 0 Å². The summed E-state index contributed by atoms with van der Waals surface area (Å²) in [5.74, 6) is -0.899. The molecule has 4 heteroatoms. The van der Waals surface area contributed by atoms with Gasteiger partial charge in [0.2, 0.25) is 0 Å². The Kier molecular flexibility index (Phi) is 2.27. The molecule has 0 aliphatic carbocycles. The van der Waals surface area contributed by atoms with Crippen LogP contribution in [-0.4, -0.2) is 31.1 Å². The lowest BCUT2D eigenvalue weighted by Gasteiger charge is -2.28. The van der Waals surface area contributed by atoms with Crippen LogP contribution in [0.2, 0.25) is 0 Å².